The van der Waals surface area contributed by atoms with Crippen LogP contribution < -0.4 is 5.73 Å². The number of aromatic nitrogens is 1. The van der Waals surface area contributed by atoms with E-state index in [1.54, 1.807) is 0 Å². The van der Waals surface area contributed by atoms with Gasteiger partial charge in [0.1, 0.15) is 5.82 Å². The summed E-state index contributed by atoms with van der Waals surface area (Å²) in [7, 11) is 0. The minimum atomic E-state index is 0.591. The van der Waals surface area contributed by atoms with E-state index in [2.05, 4.69) is 22.9 Å². The van der Waals surface area contributed by atoms with Crippen LogP contribution in [0.3, 0.4) is 0 Å². The standard InChI is InChI=1S/C12H17N3/c1-10-4-6-15(7-5-10)9-11-2-3-12(13)14-8-11/h2-4,8H,5-7,9H2,1H3,(H2,13,14). The molecule has 2 N–H and O–H groups in total. The molecule has 1 aromatic heterocycles. The van der Waals surface area contributed by atoms with Crippen LogP contribution in [-0.4, -0.2) is 23.0 Å². The average molecular weight is 203 g/mol. The van der Waals surface area contributed by atoms with E-state index in [0.717, 1.165) is 19.6 Å². The number of hydrogen-bond acceptors (Lipinski definition) is 3. The maximum absolute atomic E-state index is 5.54. The molecule has 1 aromatic rings. The summed E-state index contributed by atoms with van der Waals surface area (Å²) in [5.41, 5.74) is 8.28. The van der Waals surface area contributed by atoms with Crippen LogP contribution in [0.2, 0.25) is 0 Å². The van der Waals surface area contributed by atoms with E-state index >= 15 is 0 Å². The normalized spacial score (nSPS) is 17.5. The predicted molar refractivity (Wildman–Crippen MR) is 62.3 cm³/mol. The lowest BCUT2D eigenvalue weighted by Gasteiger charge is -2.25. The van der Waals surface area contributed by atoms with Gasteiger partial charge < -0.3 is 5.73 Å². The summed E-state index contributed by atoms with van der Waals surface area (Å²) >= 11 is 0. The summed E-state index contributed by atoms with van der Waals surface area (Å²) in [5, 5.41) is 0. The van der Waals surface area contributed by atoms with E-state index in [0.29, 0.717) is 5.82 Å². The molecule has 0 unspecified atom stereocenters. The monoisotopic (exact) mass is 203 g/mol. The molecule has 80 valence electrons. The van der Waals surface area contributed by atoms with E-state index in [1.807, 2.05) is 18.3 Å². The van der Waals surface area contributed by atoms with Gasteiger partial charge in [0.2, 0.25) is 0 Å². The number of pyridine rings is 1. The molecule has 2 rings (SSSR count). The molecule has 0 aliphatic carbocycles. The van der Waals surface area contributed by atoms with Crippen molar-refractivity contribution in [2.75, 3.05) is 18.8 Å². The Bertz CT molecular complexity index is 354. The van der Waals surface area contributed by atoms with E-state index in [1.165, 1.54) is 17.6 Å². The zero-order valence-corrected chi connectivity index (χ0v) is 9.11. The Morgan fingerprint density at radius 1 is 1.47 bits per heavy atom. The summed E-state index contributed by atoms with van der Waals surface area (Å²) in [6, 6.07) is 3.91. The lowest BCUT2D eigenvalue weighted by molar-refractivity contribution is 0.286. The van der Waals surface area contributed by atoms with E-state index in [9.17, 15) is 0 Å². The Morgan fingerprint density at radius 3 is 2.93 bits per heavy atom. The van der Waals surface area contributed by atoms with Crippen molar-refractivity contribution in [1.29, 1.82) is 0 Å². The molecule has 0 radical (unpaired) electrons. The molecule has 15 heavy (non-hydrogen) atoms. The van der Waals surface area contributed by atoms with Gasteiger partial charge in [0, 0.05) is 25.8 Å². The SMILES string of the molecule is CC1=CCN(Cc2ccc(N)nc2)CC1. The van der Waals surface area contributed by atoms with Crippen LogP contribution in [0.25, 0.3) is 0 Å². The fourth-order valence-corrected chi connectivity index (χ4v) is 1.74. The third-order valence-electron chi connectivity index (χ3n) is 2.77. The maximum atomic E-state index is 5.54. The summed E-state index contributed by atoms with van der Waals surface area (Å²) in [4.78, 5) is 6.51. The number of hydrogen-bond donors (Lipinski definition) is 1. The van der Waals surface area contributed by atoms with Crippen molar-refractivity contribution in [2.45, 2.75) is 19.9 Å². The second kappa shape index (κ2) is 4.45. The molecule has 0 spiro atoms. The third-order valence-corrected chi connectivity index (χ3v) is 2.77. The smallest absolute Gasteiger partial charge is 0.123 e. The fourth-order valence-electron chi connectivity index (χ4n) is 1.74. The molecule has 0 fully saturated rings. The number of anilines is 1. The summed E-state index contributed by atoms with van der Waals surface area (Å²) in [6.07, 6.45) is 5.34. The van der Waals surface area contributed by atoms with E-state index < -0.39 is 0 Å². The first-order valence-corrected chi connectivity index (χ1v) is 5.32. The highest BCUT2D eigenvalue weighted by molar-refractivity contribution is 5.29. The first-order chi connectivity index (χ1) is 7.24. The lowest BCUT2D eigenvalue weighted by Crippen LogP contribution is -2.27. The van der Waals surface area contributed by atoms with Gasteiger partial charge in [-0.3, -0.25) is 4.90 Å². The quantitative estimate of drug-likeness (QED) is 0.745. The molecule has 3 nitrogen and oxygen atoms in total. The van der Waals surface area contributed by atoms with Gasteiger partial charge in [-0.25, -0.2) is 4.98 Å². The van der Waals surface area contributed by atoms with Gasteiger partial charge in [-0.15, -0.1) is 0 Å². The van der Waals surface area contributed by atoms with Gasteiger partial charge in [-0.1, -0.05) is 17.7 Å². The van der Waals surface area contributed by atoms with Crippen molar-refractivity contribution in [1.82, 2.24) is 9.88 Å². The molecule has 1 aliphatic heterocycles. The van der Waals surface area contributed by atoms with Crippen molar-refractivity contribution in [3.8, 4) is 0 Å². The van der Waals surface area contributed by atoms with Gasteiger partial charge in [0.25, 0.3) is 0 Å². The van der Waals surface area contributed by atoms with Crippen molar-refractivity contribution in [3.05, 3.63) is 35.5 Å². The minimum Gasteiger partial charge on any atom is -0.384 e. The van der Waals surface area contributed by atoms with Gasteiger partial charge in [0.05, 0.1) is 0 Å². The highest BCUT2D eigenvalue weighted by Gasteiger charge is 2.09. The van der Waals surface area contributed by atoms with Gasteiger partial charge in [-0.05, 0) is 25.0 Å². The van der Waals surface area contributed by atoms with Gasteiger partial charge in [-0.2, -0.15) is 0 Å². The van der Waals surface area contributed by atoms with Crippen molar-refractivity contribution in [3.63, 3.8) is 0 Å². The van der Waals surface area contributed by atoms with Crippen LogP contribution in [0.5, 0.6) is 0 Å². The van der Waals surface area contributed by atoms with Crippen LogP contribution in [-0.2, 0) is 6.54 Å². The van der Waals surface area contributed by atoms with Crippen molar-refractivity contribution in [2.24, 2.45) is 0 Å². The van der Waals surface area contributed by atoms with Crippen LogP contribution in [0.1, 0.15) is 18.9 Å². The average Bonchev–Trinajstić information content (AvgIpc) is 2.25. The Kier molecular flexibility index (Phi) is 3.02. The highest BCUT2D eigenvalue weighted by Crippen LogP contribution is 2.12. The molecule has 2 heterocycles. The first kappa shape index (κ1) is 10.2. The Labute approximate surface area is 90.6 Å². The van der Waals surface area contributed by atoms with Gasteiger partial charge in [0.15, 0.2) is 0 Å². The number of nitrogen functional groups attached to an aromatic ring is 1. The van der Waals surface area contributed by atoms with Crippen LogP contribution >= 0.6 is 0 Å². The van der Waals surface area contributed by atoms with Crippen molar-refractivity contribution >= 4 is 5.82 Å². The molecule has 3 heteroatoms. The Balaban J connectivity index is 1.95. The summed E-state index contributed by atoms with van der Waals surface area (Å²) in [5.74, 6) is 0.591. The third kappa shape index (κ3) is 2.80. The van der Waals surface area contributed by atoms with Crippen molar-refractivity contribution < 1.29 is 0 Å². The summed E-state index contributed by atoms with van der Waals surface area (Å²) < 4.78 is 0. The number of nitrogens with zero attached hydrogens (tertiary/aromatic N) is 2. The zero-order valence-electron chi connectivity index (χ0n) is 9.11. The van der Waals surface area contributed by atoms with Gasteiger partial charge >= 0.3 is 0 Å². The minimum absolute atomic E-state index is 0.591. The highest BCUT2D eigenvalue weighted by atomic mass is 15.1. The van der Waals surface area contributed by atoms with Crippen LogP contribution in [0.15, 0.2) is 30.0 Å². The second-order valence-electron chi connectivity index (χ2n) is 4.13. The van der Waals surface area contributed by atoms with Crippen LogP contribution in [0, 0.1) is 0 Å². The molecule has 0 aromatic carbocycles. The molecule has 0 amide bonds. The maximum Gasteiger partial charge on any atom is 0.123 e. The molecule has 0 saturated heterocycles. The Hall–Kier alpha value is -1.35. The zero-order chi connectivity index (χ0) is 10.7. The molecular formula is C12H17N3. The second-order valence-corrected chi connectivity index (χ2v) is 4.13. The number of nitrogens with two attached hydrogens (primary N) is 1. The number of rotatable bonds is 2. The Morgan fingerprint density at radius 2 is 2.33 bits per heavy atom. The molecule has 0 atom stereocenters. The predicted octanol–water partition coefficient (Wildman–Crippen LogP) is 1.82. The van der Waals surface area contributed by atoms with Crippen LogP contribution in [0.4, 0.5) is 5.82 Å². The largest absolute Gasteiger partial charge is 0.384 e. The molecular weight excluding hydrogens is 186 g/mol. The van der Waals surface area contributed by atoms with E-state index in [4.69, 9.17) is 5.73 Å². The summed E-state index contributed by atoms with van der Waals surface area (Å²) in [6.45, 7) is 5.36. The van der Waals surface area contributed by atoms with E-state index in [-0.39, 0.29) is 0 Å². The topological polar surface area (TPSA) is 42.1 Å². The molecule has 1 aliphatic rings. The molecule has 0 bridgehead atoms. The fraction of sp³-hybridized carbons (Fsp3) is 0.417. The lowest BCUT2D eigenvalue weighted by atomic mass is 10.1. The first-order valence-electron chi connectivity index (χ1n) is 5.32. The molecule has 0 saturated carbocycles.